The average molecular weight is 869 g/mol. The van der Waals surface area contributed by atoms with E-state index in [1.54, 1.807) is 0 Å². The maximum Gasteiger partial charge on any atom is 0.212 e. The van der Waals surface area contributed by atoms with Crippen LogP contribution in [-0.4, -0.2) is 14.1 Å². The minimum atomic E-state index is 0. The van der Waals surface area contributed by atoms with Crippen LogP contribution in [0.1, 0.15) is 58.5 Å². The molecule has 8 rings (SSSR count). The largest absolute Gasteiger partial charge is 0.358 e. The van der Waals surface area contributed by atoms with E-state index in [-0.39, 0.29) is 14.9 Å². The molecule has 4 heteroatoms. The highest BCUT2D eigenvalue weighted by molar-refractivity contribution is 5.88. The van der Waals surface area contributed by atoms with Crippen molar-refractivity contribution in [2.75, 3.05) is 23.9 Å². The molecular weight excluding hydrogens is 801 g/mol. The zero-order valence-electron chi connectivity index (χ0n) is 41.3. The number of aromatic nitrogens is 2. The lowest BCUT2D eigenvalue weighted by atomic mass is 9.97. The monoisotopic (exact) mass is 869 g/mol. The number of allylic oxidation sites excluding steroid dienone is 15. The lowest BCUT2D eigenvalue weighted by Crippen LogP contribution is -2.32. The van der Waals surface area contributed by atoms with Crippen molar-refractivity contribution in [2.45, 2.75) is 41.5 Å². The number of aryl methyl sites for hydroxylation is 6. The number of rotatable bonds is 8. The number of benzene rings is 4. The minimum Gasteiger partial charge on any atom is -0.358 e. The van der Waals surface area contributed by atoms with Gasteiger partial charge in [0.1, 0.15) is 14.1 Å². The third-order valence-corrected chi connectivity index (χ3v) is 11.9. The normalized spacial score (nSPS) is 15.0. The Kier molecular flexibility index (Phi) is 17.0. The van der Waals surface area contributed by atoms with E-state index >= 15 is 0 Å². The molecular formula is C62H68N4. The van der Waals surface area contributed by atoms with Gasteiger partial charge in [0.05, 0.1) is 5.39 Å². The maximum absolute atomic E-state index is 2.26. The first kappa shape index (κ1) is 49.7. The van der Waals surface area contributed by atoms with Gasteiger partial charge in [0.25, 0.3) is 0 Å². The Balaban J connectivity index is 0.000000240. The van der Waals surface area contributed by atoms with Crippen molar-refractivity contribution in [1.82, 2.24) is 0 Å². The quantitative estimate of drug-likeness (QED) is 0.0860. The number of likely N-dealkylation sites (N-methyl/N-ethyl adjacent to an activating group) is 1. The van der Waals surface area contributed by atoms with Gasteiger partial charge < -0.3 is 24.7 Å². The molecule has 336 valence electrons. The summed E-state index contributed by atoms with van der Waals surface area (Å²) in [6.45, 7) is 12.8. The van der Waals surface area contributed by atoms with Gasteiger partial charge in [-0.25, -0.2) is 4.57 Å². The molecule has 0 saturated carbocycles. The van der Waals surface area contributed by atoms with Gasteiger partial charge in [-0.2, -0.15) is 4.57 Å². The zero-order valence-corrected chi connectivity index (χ0v) is 41.3. The molecule has 66 heavy (non-hydrogen) atoms. The molecule has 0 bridgehead atoms. The molecule has 0 N–H and O–H groups in total. The molecule has 4 nitrogen and oxygen atoms in total. The van der Waals surface area contributed by atoms with Crippen LogP contribution < -0.4 is 18.9 Å². The van der Waals surface area contributed by atoms with E-state index in [2.05, 4.69) is 283 Å². The molecule has 0 fully saturated rings. The summed E-state index contributed by atoms with van der Waals surface area (Å²) in [5.74, 6) is 0. The van der Waals surface area contributed by atoms with Crippen LogP contribution in [0.2, 0.25) is 0 Å². The van der Waals surface area contributed by atoms with E-state index < -0.39 is 0 Å². The van der Waals surface area contributed by atoms with E-state index in [0.717, 1.165) is 0 Å². The first-order valence-corrected chi connectivity index (χ1v) is 22.1. The topological polar surface area (TPSA) is 14.2 Å². The predicted octanol–water partition coefficient (Wildman–Crippen LogP) is 14.6. The summed E-state index contributed by atoms with van der Waals surface area (Å²) in [4.78, 5) is 4.40. The molecule has 2 aliphatic heterocycles. The summed E-state index contributed by atoms with van der Waals surface area (Å²) < 4.78 is 4.40. The summed E-state index contributed by atoms with van der Waals surface area (Å²) in [6.07, 6.45) is 36.6. The zero-order chi connectivity index (χ0) is 45.3. The number of pyridine rings is 2. The third kappa shape index (κ3) is 12.1. The van der Waals surface area contributed by atoms with Gasteiger partial charge in [0, 0.05) is 78.7 Å². The van der Waals surface area contributed by atoms with Crippen LogP contribution in [0.5, 0.6) is 0 Å². The van der Waals surface area contributed by atoms with Crippen LogP contribution in [0.3, 0.4) is 0 Å². The average Bonchev–Trinajstić information content (AvgIpc) is 3.27. The molecule has 0 unspecified atom stereocenters. The van der Waals surface area contributed by atoms with Crippen molar-refractivity contribution in [2.24, 2.45) is 14.1 Å². The van der Waals surface area contributed by atoms with Gasteiger partial charge in [-0.05, 0) is 119 Å². The molecule has 4 heterocycles. The Labute approximate surface area is 396 Å². The molecule has 2 aliphatic rings. The second-order valence-electron chi connectivity index (χ2n) is 17.2. The van der Waals surface area contributed by atoms with Gasteiger partial charge >= 0.3 is 0 Å². The lowest BCUT2D eigenvalue weighted by molar-refractivity contribution is -0.646. The fourth-order valence-electron chi connectivity index (χ4n) is 8.12. The third-order valence-electron chi connectivity index (χ3n) is 11.9. The van der Waals surface area contributed by atoms with Crippen LogP contribution in [0.4, 0.5) is 11.4 Å². The van der Waals surface area contributed by atoms with Crippen LogP contribution in [0, 0.1) is 42.5 Å². The van der Waals surface area contributed by atoms with E-state index in [1.807, 2.05) is 0 Å². The highest BCUT2D eigenvalue weighted by Gasteiger charge is 2.15. The summed E-state index contributed by atoms with van der Waals surface area (Å²) in [5, 5.41) is 2.55. The molecule has 2 aromatic heterocycles. The first-order valence-electron chi connectivity index (χ1n) is 22.1. The highest BCUT2D eigenvalue weighted by atomic mass is 15.1. The summed E-state index contributed by atoms with van der Waals surface area (Å²) in [5.41, 5.74) is 19.9. The number of fused-ring (bicyclic) bond motifs is 4. The standard InChI is InChI=1S/2C30H31N2.2CH3/c1-22(8-6-10-27-16-14-25-20-23(2)12-18-29(25)31(27)4)9-7-11-28-17-15-26-21-24(3)13-19-30(26)32(28)5;1-22(8-6-10-25-16-18-31(4)29-14-12-23(2)20-27(25)29)9-7-11-26-17-19-32(5)30-15-13-24(3)21-28(26)30;;/h2*6-21H,1-5H3;2*1H3/q2*+1;2*-1. The molecule has 0 amide bonds. The Bertz CT molecular complexity index is 3050. The van der Waals surface area contributed by atoms with Gasteiger partial charge in [0.15, 0.2) is 6.20 Å². The number of hydrogen-bond donors (Lipinski definition) is 0. The number of anilines is 2. The van der Waals surface area contributed by atoms with E-state index in [1.165, 1.54) is 100 Å². The van der Waals surface area contributed by atoms with Crippen molar-refractivity contribution < 1.29 is 9.13 Å². The number of hydrogen-bond acceptors (Lipinski definition) is 2. The lowest BCUT2D eigenvalue weighted by Gasteiger charge is -2.26. The Hall–Kier alpha value is -7.30. The van der Waals surface area contributed by atoms with E-state index in [0.29, 0.717) is 0 Å². The summed E-state index contributed by atoms with van der Waals surface area (Å²) >= 11 is 0. The molecule has 6 aromatic rings. The van der Waals surface area contributed by atoms with Gasteiger partial charge in [-0.1, -0.05) is 125 Å². The van der Waals surface area contributed by atoms with Crippen molar-refractivity contribution in [1.29, 1.82) is 0 Å². The van der Waals surface area contributed by atoms with Crippen LogP contribution >= 0.6 is 0 Å². The fourth-order valence-corrected chi connectivity index (χ4v) is 8.12. The van der Waals surface area contributed by atoms with Crippen molar-refractivity contribution in [3.05, 3.63) is 253 Å². The van der Waals surface area contributed by atoms with Crippen molar-refractivity contribution in [3.63, 3.8) is 0 Å². The Morgan fingerprint density at radius 1 is 0.576 bits per heavy atom. The smallest absolute Gasteiger partial charge is 0.212 e. The molecule has 0 saturated heterocycles. The van der Waals surface area contributed by atoms with Crippen molar-refractivity contribution >= 4 is 57.0 Å². The SMILES string of the molecule is CC(/C=C/C=C1/C=CN(C)c2ccc(C)cc21)=C\C=C\c1cc[n+](C)c2ccc(C)cc12.CC(/C=C/C=C1\C=Cc2cc(C)ccc2N1C)=C\C=C\c1ccc2cc(C)ccc2[n+]1C.[CH3-].[CH3-]. The fraction of sp³-hybridized carbons (Fsp3) is 0.161. The number of nitrogens with zero attached hydrogens (tertiary/aromatic N) is 4. The molecule has 4 aromatic carbocycles. The van der Waals surface area contributed by atoms with E-state index in [4.69, 9.17) is 0 Å². The Morgan fingerprint density at radius 2 is 1.20 bits per heavy atom. The van der Waals surface area contributed by atoms with Crippen LogP contribution in [0.15, 0.2) is 193 Å². The second kappa shape index (κ2) is 22.5. The van der Waals surface area contributed by atoms with Crippen molar-refractivity contribution in [3.8, 4) is 0 Å². The van der Waals surface area contributed by atoms with Gasteiger partial charge in [0.2, 0.25) is 16.7 Å². The van der Waals surface area contributed by atoms with Crippen LogP contribution in [-0.2, 0) is 14.1 Å². The van der Waals surface area contributed by atoms with E-state index in [9.17, 15) is 0 Å². The van der Waals surface area contributed by atoms with Gasteiger partial charge in [-0.15, -0.1) is 0 Å². The molecule has 0 spiro atoms. The summed E-state index contributed by atoms with van der Waals surface area (Å²) in [7, 11) is 8.42. The second-order valence-corrected chi connectivity index (χ2v) is 17.2. The minimum absolute atomic E-state index is 0. The Morgan fingerprint density at radius 3 is 1.94 bits per heavy atom. The molecule has 0 aliphatic carbocycles. The highest BCUT2D eigenvalue weighted by Crippen LogP contribution is 2.33. The van der Waals surface area contributed by atoms with Gasteiger partial charge in [-0.3, -0.25) is 0 Å². The maximum atomic E-state index is 2.26. The molecule has 0 atom stereocenters. The van der Waals surface area contributed by atoms with Crippen LogP contribution in [0.25, 0.3) is 45.6 Å². The summed E-state index contributed by atoms with van der Waals surface area (Å²) in [6, 6.07) is 32.9. The predicted molar refractivity (Wildman–Crippen MR) is 290 cm³/mol. The first-order chi connectivity index (χ1) is 30.8. The molecule has 0 radical (unpaired) electrons.